The van der Waals surface area contributed by atoms with E-state index in [-0.39, 0.29) is 43.1 Å². The molecule has 3 atom stereocenters. The quantitative estimate of drug-likeness (QED) is 0.523. The lowest BCUT2D eigenvalue weighted by molar-refractivity contribution is -0.129. The van der Waals surface area contributed by atoms with Gasteiger partial charge in [0.15, 0.2) is 0 Å². The van der Waals surface area contributed by atoms with Crippen LogP contribution in [-0.4, -0.2) is 74.0 Å². The number of nitrogens with one attached hydrogen (secondary N) is 3. The zero-order valence-corrected chi connectivity index (χ0v) is 16.3. The van der Waals surface area contributed by atoms with E-state index in [1.165, 1.54) is 24.3 Å². The van der Waals surface area contributed by atoms with Gasteiger partial charge in [0.05, 0.1) is 25.3 Å². The molecule has 1 aliphatic rings. The highest BCUT2D eigenvalue weighted by molar-refractivity contribution is 5.89. The molecule has 1 aromatic rings. The third-order valence-corrected chi connectivity index (χ3v) is 4.46. The number of anilines is 1. The van der Waals surface area contributed by atoms with Gasteiger partial charge in [-0.25, -0.2) is 9.18 Å². The van der Waals surface area contributed by atoms with Crippen LogP contribution < -0.4 is 16.0 Å². The highest BCUT2D eigenvalue weighted by atomic mass is 19.1. The molecule has 0 unspecified atom stereocenters. The number of nitrogens with zero attached hydrogens (tertiary/aromatic N) is 1. The molecule has 4 N–H and O–H groups in total. The molecule has 0 radical (unpaired) electrons. The molecule has 1 saturated heterocycles. The Morgan fingerprint density at radius 3 is 2.61 bits per heavy atom. The van der Waals surface area contributed by atoms with Crippen LogP contribution in [0.2, 0.25) is 0 Å². The number of halogens is 1. The van der Waals surface area contributed by atoms with E-state index >= 15 is 0 Å². The van der Waals surface area contributed by atoms with Crippen LogP contribution in [0.15, 0.2) is 24.3 Å². The average Bonchev–Trinajstić information content (AvgIpc) is 2.64. The first-order valence-electron chi connectivity index (χ1n) is 9.38. The molecule has 156 valence electrons. The molecule has 0 spiro atoms. The predicted octanol–water partition coefficient (Wildman–Crippen LogP) is 0.924. The van der Waals surface area contributed by atoms with Crippen molar-refractivity contribution in [3.05, 3.63) is 30.1 Å². The largest absolute Gasteiger partial charge is 0.394 e. The monoisotopic (exact) mass is 396 g/mol. The van der Waals surface area contributed by atoms with E-state index in [1.807, 2.05) is 14.1 Å². The Bertz CT molecular complexity index is 641. The van der Waals surface area contributed by atoms with E-state index in [4.69, 9.17) is 4.74 Å². The summed E-state index contributed by atoms with van der Waals surface area (Å²) in [6, 6.07) is 4.91. The van der Waals surface area contributed by atoms with Crippen LogP contribution in [0.3, 0.4) is 0 Å². The first kappa shape index (κ1) is 22.1. The Labute approximate surface area is 164 Å². The zero-order chi connectivity index (χ0) is 20.5. The first-order valence-corrected chi connectivity index (χ1v) is 9.38. The number of likely N-dealkylation sites (N-methyl/N-ethyl adjacent to an activating group) is 1. The summed E-state index contributed by atoms with van der Waals surface area (Å²) < 4.78 is 18.7. The molecule has 1 aliphatic heterocycles. The van der Waals surface area contributed by atoms with Gasteiger partial charge in [-0.15, -0.1) is 0 Å². The number of carbonyl (C=O) groups is 2. The minimum atomic E-state index is -0.460. The number of carbonyl (C=O) groups excluding carboxylic acids is 2. The second-order valence-corrected chi connectivity index (χ2v) is 7.14. The molecule has 28 heavy (non-hydrogen) atoms. The maximum Gasteiger partial charge on any atom is 0.319 e. The molecule has 9 heteroatoms. The van der Waals surface area contributed by atoms with Crippen molar-refractivity contribution in [2.75, 3.05) is 39.1 Å². The minimum absolute atomic E-state index is 0.102. The Kier molecular flexibility index (Phi) is 8.62. The summed E-state index contributed by atoms with van der Waals surface area (Å²) in [6.45, 7) is 0.501. The van der Waals surface area contributed by atoms with Crippen molar-refractivity contribution >= 4 is 17.6 Å². The molecule has 0 bridgehead atoms. The number of amides is 3. The van der Waals surface area contributed by atoms with Crippen LogP contribution in [-0.2, 0) is 9.53 Å². The van der Waals surface area contributed by atoms with Gasteiger partial charge in [0.25, 0.3) is 0 Å². The van der Waals surface area contributed by atoms with Crippen molar-refractivity contribution < 1.29 is 23.8 Å². The molecule has 1 heterocycles. The Morgan fingerprint density at radius 1 is 1.25 bits per heavy atom. The third-order valence-electron chi connectivity index (χ3n) is 4.46. The Hall–Kier alpha value is -2.23. The van der Waals surface area contributed by atoms with Gasteiger partial charge in [-0.2, -0.15) is 0 Å². The van der Waals surface area contributed by atoms with Crippen molar-refractivity contribution in [2.45, 2.75) is 37.5 Å². The number of ether oxygens (including phenoxy) is 1. The Morgan fingerprint density at radius 2 is 1.96 bits per heavy atom. The second-order valence-electron chi connectivity index (χ2n) is 7.14. The molecule has 0 aromatic heterocycles. The van der Waals surface area contributed by atoms with Crippen LogP contribution in [0.1, 0.15) is 19.3 Å². The predicted molar refractivity (Wildman–Crippen MR) is 104 cm³/mol. The van der Waals surface area contributed by atoms with E-state index in [2.05, 4.69) is 16.0 Å². The number of hydrogen-bond acceptors (Lipinski definition) is 5. The Balaban J connectivity index is 1.70. The fraction of sp³-hybridized carbons (Fsp3) is 0.579. The van der Waals surface area contributed by atoms with E-state index < -0.39 is 6.10 Å². The maximum absolute atomic E-state index is 12.9. The SMILES string of the molecule is CN(C)CC(=O)N[C@H]1CC[C@H](CCNC(=O)Nc2ccc(F)cc2)O[C@H]1CO. The molecule has 1 aromatic carbocycles. The van der Waals surface area contributed by atoms with Gasteiger partial charge in [-0.05, 0) is 57.6 Å². The van der Waals surface area contributed by atoms with E-state index in [0.29, 0.717) is 25.1 Å². The summed E-state index contributed by atoms with van der Waals surface area (Å²) in [4.78, 5) is 25.6. The normalized spacial score (nSPS) is 22.0. The minimum Gasteiger partial charge on any atom is -0.394 e. The number of rotatable bonds is 8. The van der Waals surface area contributed by atoms with Gasteiger partial charge in [-0.3, -0.25) is 4.79 Å². The number of aliphatic hydroxyl groups is 1. The zero-order valence-electron chi connectivity index (χ0n) is 16.3. The molecule has 3 amide bonds. The van der Waals surface area contributed by atoms with Gasteiger partial charge in [0.2, 0.25) is 5.91 Å². The molecule has 0 saturated carbocycles. The number of aliphatic hydroxyl groups excluding tert-OH is 1. The van der Waals surface area contributed by atoms with Crippen LogP contribution >= 0.6 is 0 Å². The maximum atomic E-state index is 12.9. The van der Waals surface area contributed by atoms with Crippen molar-refractivity contribution in [3.63, 3.8) is 0 Å². The lowest BCUT2D eigenvalue weighted by atomic mass is 9.97. The van der Waals surface area contributed by atoms with Gasteiger partial charge in [0, 0.05) is 12.2 Å². The van der Waals surface area contributed by atoms with Gasteiger partial charge in [-0.1, -0.05) is 0 Å². The van der Waals surface area contributed by atoms with E-state index in [9.17, 15) is 19.1 Å². The lowest BCUT2D eigenvalue weighted by Gasteiger charge is -2.36. The molecule has 0 aliphatic carbocycles. The number of urea groups is 1. The summed E-state index contributed by atoms with van der Waals surface area (Å²) in [7, 11) is 3.63. The summed E-state index contributed by atoms with van der Waals surface area (Å²) in [5, 5.41) is 17.8. The molecular formula is C19H29FN4O4. The smallest absolute Gasteiger partial charge is 0.319 e. The van der Waals surface area contributed by atoms with Gasteiger partial charge < -0.3 is 30.7 Å². The summed E-state index contributed by atoms with van der Waals surface area (Å²) in [5.41, 5.74) is 0.504. The van der Waals surface area contributed by atoms with Crippen LogP contribution in [0.25, 0.3) is 0 Å². The number of benzene rings is 1. The van der Waals surface area contributed by atoms with Crippen molar-refractivity contribution in [3.8, 4) is 0 Å². The van der Waals surface area contributed by atoms with E-state index in [1.54, 1.807) is 4.90 Å². The highest BCUT2D eigenvalue weighted by Crippen LogP contribution is 2.21. The lowest BCUT2D eigenvalue weighted by Crippen LogP contribution is -2.52. The topological polar surface area (TPSA) is 103 Å². The van der Waals surface area contributed by atoms with Crippen molar-refractivity contribution in [1.82, 2.24) is 15.5 Å². The molecule has 1 fully saturated rings. The average molecular weight is 396 g/mol. The summed E-state index contributed by atoms with van der Waals surface area (Å²) in [6.07, 6.45) is 1.45. The van der Waals surface area contributed by atoms with Gasteiger partial charge in [0.1, 0.15) is 11.9 Å². The van der Waals surface area contributed by atoms with E-state index in [0.717, 1.165) is 6.42 Å². The second kappa shape index (κ2) is 10.9. The van der Waals surface area contributed by atoms with Crippen LogP contribution in [0, 0.1) is 5.82 Å². The summed E-state index contributed by atoms with van der Waals surface area (Å²) >= 11 is 0. The fourth-order valence-electron chi connectivity index (χ4n) is 3.10. The number of hydrogen-bond donors (Lipinski definition) is 4. The molecule has 2 rings (SSSR count). The van der Waals surface area contributed by atoms with Crippen molar-refractivity contribution in [1.29, 1.82) is 0 Å². The first-order chi connectivity index (χ1) is 13.4. The molecular weight excluding hydrogens is 367 g/mol. The van der Waals surface area contributed by atoms with Crippen LogP contribution in [0.5, 0.6) is 0 Å². The summed E-state index contributed by atoms with van der Waals surface area (Å²) in [5.74, 6) is -0.468. The van der Waals surface area contributed by atoms with Crippen molar-refractivity contribution in [2.24, 2.45) is 0 Å². The standard InChI is InChI=1S/C19H29FN4O4/c1-24(2)11-18(26)23-16-8-7-15(28-17(16)12-25)9-10-21-19(27)22-14-5-3-13(20)4-6-14/h3-6,15-17,25H,7-12H2,1-2H3,(H,23,26)(H2,21,22,27)/t15-,16+,17+/m1/s1. The third kappa shape index (κ3) is 7.41. The fourth-order valence-corrected chi connectivity index (χ4v) is 3.10. The van der Waals surface area contributed by atoms with Crippen LogP contribution in [0.4, 0.5) is 14.9 Å². The molecule has 8 nitrogen and oxygen atoms in total. The highest BCUT2D eigenvalue weighted by Gasteiger charge is 2.31. The van der Waals surface area contributed by atoms with Gasteiger partial charge >= 0.3 is 6.03 Å².